The van der Waals surface area contributed by atoms with Crippen molar-refractivity contribution >= 4 is 5.88 Å². The highest BCUT2D eigenvalue weighted by molar-refractivity contribution is 5.31. The minimum atomic E-state index is -0.518. The van der Waals surface area contributed by atoms with Crippen LogP contribution in [-0.4, -0.2) is 24.3 Å². The van der Waals surface area contributed by atoms with Gasteiger partial charge in [0, 0.05) is 19.2 Å². The third-order valence-corrected chi connectivity index (χ3v) is 1.52. The van der Waals surface area contributed by atoms with Crippen LogP contribution in [0.5, 0.6) is 0 Å². The number of aliphatic hydroxyl groups excluding tert-OH is 1. The van der Waals surface area contributed by atoms with Crippen molar-refractivity contribution in [3.05, 3.63) is 17.9 Å². The first-order valence-corrected chi connectivity index (χ1v) is 3.91. The molecule has 4 nitrogen and oxygen atoms in total. The number of anilines is 1. The molecule has 1 aromatic heterocycles. The van der Waals surface area contributed by atoms with Crippen LogP contribution >= 0.6 is 0 Å². The molecule has 0 saturated carbocycles. The Morgan fingerprint density at radius 1 is 1.67 bits per heavy atom. The summed E-state index contributed by atoms with van der Waals surface area (Å²) in [6.45, 7) is 2.54. The lowest BCUT2D eigenvalue weighted by Crippen LogP contribution is -2.27. The summed E-state index contributed by atoms with van der Waals surface area (Å²) in [7, 11) is 0. The molecule has 4 heteroatoms. The molecule has 4 N–H and O–H groups in total. The van der Waals surface area contributed by atoms with Gasteiger partial charge in [0.1, 0.15) is 5.76 Å². The van der Waals surface area contributed by atoms with E-state index in [0.29, 0.717) is 12.4 Å². The Labute approximate surface area is 71.4 Å². The average Bonchev–Trinajstić information content (AvgIpc) is 2.47. The highest BCUT2D eigenvalue weighted by Crippen LogP contribution is 2.11. The van der Waals surface area contributed by atoms with Crippen LogP contribution in [0.25, 0.3) is 0 Å². The summed E-state index contributed by atoms with van der Waals surface area (Å²) < 4.78 is 5.22. The molecular weight excluding hydrogens is 156 g/mol. The summed E-state index contributed by atoms with van der Waals surface area (Å²) in [6, 6.07) is 3.68. The van der Waals surface area contributed by atoms with Crippen LogP contribution in [-0.2, 0) is 0 Å². The molecule has 0 aliphatic heterocycles. The molecule has 0 amide bonds. The van der Waals surface area contributed by atoms with Crippen molar-refractivity contribution in [3.8, 4) is 0 Å². The number of furan rings is 1. The molecule has 1 unspecified atom stereocenters. The van der Waals surface area contributed by atoms with Crippen LogP contribution in [0.1, 0.15) is 5.76 Å². The van der Waals surface area contributed by atoms with Gasteiger partial charge in [-0.1, -0.05) is 0 Å². The Bertz CT molecular complexity index is 235. The van der Waals surface area contributed by atoms with E-state index < -0.39 is 6.10 Å². The standard InChI is InChI=1S/C8H14N2O2/c1-6-2-3-8(12-6)10-5-7(11)4-9/h2-3,7,10-11H,4-5,9H2,1H3. The molecule has 0 fully saturated rings. The lowest BCUT2D eigenvalue weighted by Gasteiger charge is -2.07. The van der Waals surface area contributed by atoms with E-state index >= 15 is 0 Å². The molecule has 0 spiro atoms. The molecule has 1 rings (SSSR count). The van der Waals surface area contributed by atoms with Gasteiger partial charge in [-0.25, -0.2) is 0 Å². The zero-order valence-electron chi connectivity index (χ0n) is 7.08. The molecular formula is C8H14N2O2. The quantitative estimate of drug-likeness (QED) is 0.608. The molecule has 1 heterocycles. The fourth-order valence-electron chi connectivity index (χ4n) is 0.831. The van der Waals surface area contributed by atoms with Crippen molar-refractivity contribution in [1.82, 2.24) is 0 Å². The molecule has 0 radical (unpaired) electrons. The minimum absolute atomic E-state index is 0.257. The van der Waals surface area contributed by atoms with Crippen molar-refractivity contribution in [2.45, 2.75) is 13.0 Å². The largest absolute Gasteiger partial charge is 0.446 e. The fourth-order valence-corrected chi connectivity index (χ4v) is 0.831. The van der Waals surface area contributed by atoms with Gasteiger partial charge in [-0.3, -0.25) is 0 Å². The maximum Gasteiger partial charge on any atom is 0.193 e. The molecule has 1 aromatic rings. The van der Waals surface area contributed by atoms with E-state index in [1.165, 1.54) is 0 Å². The number of aliphatic hydroxyl groups is 1. The second kappa shape index (κ2) is 4.13. The number of rotatable bonds is 4. The van der Waals surface area contributed by atoms with Gasteiger partial charge in [0.15, 0.2) is 5.88 Å². The van der Waals surface area contributed by atoms with Crippen molar-refractivity contribution in [1.29, 1.82) is 0 Å². The van der Waals surface area contributed by atoms with E-state index in [1.807, 2.05) is 19.1 Å². The van der Waals surface area contributed by atoms with E-state index in [2.05, 4.69) is 5.32 Å². The van der Waals surface area contributed by atoms with Gasteiger partial charge in [0.05, 0.1) is 6.10 Å². The normalized spacial score (nSPS) is 12.9. The Balaban J connectivity index is 2.33. The average molecular weight is 170 g/mol. The van der Waals surface area contributed by atoms with Crippen LogP contribution in [0.4, 0.5) is 5.88 Å². The molecule has 12 heavy (non-hydrogen) atoms. The van der Waals surface area contributed by atoms with Crippen LogP contribution in [0.2, 0.25) is 0 Å². The molecule has 0 bridgehead atoms. The van der Waals surface area contributed by atoms with Gasteiger partial charge in [-0.15, -0.1) is 0 Å². The zero-order chi connectivity index (χ0) is 8.97. The second-order valence-corrected chi connectivity index (χ2v) is 2.68. The summed E-state index contributed by atoms with van der Waals surface area (Å²) in [6.07, 6.45) is -0.518. The SMILES string of the molecule is Cc1ccc(NCC(O)CN)o1. The lowest BCUT2D eigenvalue weighted by molar-refractivity contribution is 0.195. The van der Waals surface area contributed by atoms with E-state index in [9.17, 15) is 0 Å². The van der Waals surface area contributed by atoms with Crippen molar-refractivity contribution < 1.29 is 9.52 Å². The fraction of sp³-hybridized carbons (Fsp3) is 0.500. The van der Waals surface area contributed by atoms with Crippen molar-refractivity contribution in [2.75, 3.05) is 18.4 Å². The topological polar surface area (TPSA) is 71.4 Å². The lowest BCUT2D eigenvalue weighted by atomic mass is 10.3. The van der Waals surface area contributed by atoms with Gasteiger partial charge in [-0.2, -0.15) is 0 Å². The Morgan fingerprint density at radius 3 is 2.92 bits per heavy atom. The maximum absolute atomic E-state index is 9.10. The Morgan fingerprint density at radius 2 is 2.42 bits per heavy atom. The number of aryl methyl sites for hydroxylation is 1. The van der Waals surface area contributed by atoms with Crippen LogP contribution in [0, 0.1) is 6.92 Å². The van der Waals surface area contributed by atoms with Gasteiger partial charge in [0.25, 0.3) is 0 Å². The van der Waals surface area contributed by atoms with Gasteiger partial charge < -0.3 is 20.6 Å². The number of hydrogen-bond donors (Lipinski definition) is 3. The monoisotopic (exact) mass is 170 g/mol. The highest BCUT2D eigenvalue weighted by Gasteiger charge is 2.01. The molecule has 0 aliphatic carbocycles. The summed E-state index contributed by atoms with van der Waals surface area (Å²) in [5, 5.41) is 12.0. The van der Waals surface area contributed by atoms with Crippen molar-refractivity contribution in [3.63, 3.8) is 0 Å². The first-order chi connectivity index (χ1) is 5.72. The number of nitrogens with one attached hydrogen (secondary N) is 1. The minimum Gasteiger partial charge on any atom is -0.446 e. The van der Waals surface area contributed by atoms with E-state index in [4.69, 9.17) is 15.3 Å². The van der Waals surface area contributed by atoms with Gasteiger partial charge in [-0.05, 0) is 13.0 Å². The molecule has 68 valence electrons. The van der Waals surface area contributed by atoms with Crippen LogP contribution in [0.15, 0.2) is 16.5 Å². The van der Waals surface area contributed by atoms with Crippen LogP contribution < -0.4 is 11.1 Å². The second-order valence-electron chi connectivity index (χ2n) is 2.68. The van der Waals surface area contributed by atoms with E-state index in [-0.39, 0.29) is 6.54 Å². The van der Waals surface area contributed by atoms with Crippen LogP contribution in [0.3, 0.4) is 0 Å². The van der Waals surface area contributed by atoms with Crippen molar-refractivity contribution in [2.24, 2.45) is 5.73 Å². The maximum atomic E-state index is 9.10. The van der Waals surface area contributed by atoms with Gasteiger partial charge >= 0.3 is 0 Å². The smallest absolute Gasteiger partial charge is 0.193 e. The number of hydrogen-bond acceptors (Lipinski definition) is 4. The Kier molecular flexibility index (Phi) is 3.13. The first kappa shape index (κ1) is 9.09. The number of nitrogens with two attached hydrogens (primary N) is 1. The summed E-state index contributed by atoms with van der Waals surface area (Å²) >= 11 is 0. The summed E-state index contributed by atoms with van der Waals surface area (Å²) in [5.41, 5.74) is 5.22. The predicted molar refractivity (Wildman–Crippen MR) is 47.0 cm³/mol. The third kappa shape index (κ3) is 2.56. The predicted octanol–water partition coefficient (Wildman–Crippen LogP) is 0.320. The summed E-state index contributed by atoms with van der Waals surface area (Å²) in [4.78, 5) is 0. The Hall–Kier alpha value is -1.00. The molecule has 1 atom stereocenters. The zero-order valence-corrected chi connectivity index (χ0v) is 7.08. The molecule has 0 saturated heterocycles. The third-order valence-electron chi connectivity index (χ3n) is 1.52. The molecule has 0 aliphatic rings. The molecule has 0 aromatic carbocycles. The highest BCUT2D eigenvalue weighted by atomic mass is 16.4. The first-order valence-electron chi connectivity index (χ1n) is 3.91. The van der Waals surface area contributed by atoms with E-state index in [0.717, 1.165) is 5.76 Å². The summed E-state index contributed by atoms with van der Waals surface area (Å²) in [5.74, 6) is 1.51. The van der Waals surface area contributed by atoms with E-state index in [1.54, 1.807) is 0 Å². The van der Waals surface area contributed by atoms with Gasteiger partial charge in [0.2, 0.25) is 0 Å².